The van der Waals surface area contributed by atoms with Crippen LogP contribution in [0.15, 0.2) is 53.1 Å². The van der Waals surface area contributed by atoms with Crippen molar-refractivity contribution < 1.29 is 18.8 Å². The molecule has 0 fully saturated rings. The zero-order chi connectivity index (χ0) is 15.4. The van der Waals surface area contributed by atoms with E-state index in [1.807, 2.05) is 42.5 Å². The molecule has 3 rings (SSSR count). The van der Waals surface area contributed by atoms with Crippen LogP contribution < -0.4 is 4.74 Å². The minimum Gasteiger partial charge on any atom is -0.463 e. The fourth-order valence-electron chi connectivity index (χ4n) is 2.16. The highest BCUT2D eigenvalue weighted by atomic mass is 16.6. The molecule has 1 aromatic heterocycles. The standard InChI is InChI=1S/C17H15NO4/c1-12-9-16(18-22-12)20-11-17(19)21-10-14-7-4-6-13-5-2-3-8-15(13)14/h2-9H,10-11H2,1H3. The quantitative estimate of drug-likeness (QED) is 0.676. The number of ether oxygens (including phenoxy) is 2. The van der Waals surface area contributed by atoms with E-state index in [9.17, 15) is 4.79 Å². The first kappa shape index (κ1) is 14.1. The Kier molecular flexibility index (Phi) is 4.05. The van der Waals surface area contributed by atoms with Crippen LogP contribution in [0.2, 0.25) is 0 Å². The minimum atomic E-state index is -0.450. The molecule has 0 radical (unpaired) electrons. The van der Waals surface area contributed by atoms with Gasteiger partial charge in [-0.2, -0.15) is 0 Å². The lowest BCUT2D eigenvalue weighted by molar-refractivity contribution is -0.147. The Morgan fingerprint density at radius 2 is 2.00 bits per heavy atom. The van der Waals surface area contributed by atoms with Gasteiger partial charge in [0.1, 0.15) is 12.4 Å². The average molecular weight is 297 g/mol. The summed E-state index contributed by atoms with van der Waals surface area (Å²) < 4.78 is 15.3. The number of rotatable bonds is 5. The molecule has 0 N–H and O–H groups in total. The van der Waals surface area contributed by atoms with Crippen molar-refractivity contribution in [3.05, 3.63) is 59.9 Å². The van der Waals surface area contributed by atoms with Crippen LogP contribution in [0.4, 0.5) is 0 Å². The van der Waals surface area contributed by atoms with Gasteiger partial charge in [0.15, 0.2) is 6.61 Å². The molecule has 0 saturated carbocycles. The second kappa shape index (κ2) is 6.30. The Bertz CT molecular complexity index is 789. The fraction of sp³-hybridized carbons (Fsp3) is 0.176. The highest BCUT2D eigenvalue weighted by Crippen LogP contribution is 2.19. The molecule has 2 aromatic carbocycles. The summed E-state index contributed by atoms with van der Waals surface area (Å²) in [6.45, 7) is 1.76. The van der Waals surface area contributed by atoms with Gasteiger partial charge in [-0.05, 0) is 28.4 Å². The second-order valence-corrected chi connectivity index (χ2v) is 4.86. The first-order valence-corrected chi connectivity index (χ1v) is 6.91. The summed E-state index contributed by atoms with van der Waals surface area (Å²) >= 11 is 0. The Morgan fingerprint density at radius 3 is 2.82 bits per heavy atom. The summed E-state index contributed by atoms with van der Waals surface area (Å²) in [5.74, 6) is 0.451. The third kappa shape index (κ3) is 3.25. The Balaban J connectivity index is 1.58. The van der Waals surface area contributed by atoms with Crippen molar-refractivity contribution in [2.75, 3.05) is 6.61 Å². The molecule has 0 aliphatic rings. The second-order valence-electron chi connectivity index (χ2n) is 4.86. The van der Waals surface area contributed by atoms with E-state index in [1.165, 1.54) is 0 Å². The van der Waals surface area contributed by atoms with Crippen molar-refractivity contribution >= 4 is 16.7 Å². The first-order valence-electron chi connectivity index (χ1n) is 6.91. The number of esters is 1. The highest BCUT2D eigenvalue weighted by Gasteiger charge is 2.08. The van der Waals surface area contributed by atoms with Gasteiger partial charge >= 0.3 is 5.97 Å². The van der Waals surface area contributed by atoms with Gasteiger partial charge in [-0.15, -0.1) is 0 Å². The molecule has 0 aliphatic carbocycles. The number of aromatic nitrogens is 1. The Morgan fingerprint density at radius 1 is 1.18 bits per heavy atom. The number of aryl methyl sites for hydroxylation is 1. The summed E-state index contributed by atoms with van der Waals surface area (Å²) in [5.41, 5.74) is 0.962. The number of fused-ring (bicyclic) bond motifs is 1. The van der Waals surface area contributed by atoms with Crippen molar-refractivity contribution in [3.63, 3.8) is 0 Å². The van der Waals surface area contributed by atoms with Gasteiger partial charge in [0.2, 0.25) is 0 Å². The van der Waals surface area contributed by atoms with Crippen LogP contribution in [0.3, 0.4) is 0 Å². The van der Waals surface area contributed by atoms with E-state index in [-0.39, 0.29) is 19.1 Å². The van der Waals surface area contributed by atoms with E-state index < -0.39 is 5.97 Å². The lowest BCUT2D eigenvalue weighted by atomic mass is 10.1. The number of hydrogen-bond donors (Lipinski definition) is 0. The number of carbonyl (C=O) groups is 1. The van der Waals surface area contributed by atoms with Crippen LogP contribution in [0.1, 0.15) is 11.3 Å². The molecule has 1 heterocycles. The predicted molar refractivity (Wildman–Crippen MR) is 80.5 cm³/mol. The zero-order valence-corrected chi connectivity index (χ0v) is 12.1. The molecule has 5 nitrogen and oxygen atoms in total. The van der Waals surface area contributed by atoms with Crippen LogP contribution in [0, 0.1) is 6.92 Å². The predicted octanol–water partition coefficient (Wildman–Crippen LogP) is 3.26. The SMILES string of the molecule is Cc1cc(OCC(=O)OCc2cccc3ccccc23)no1. The monoisotopic (exact) mass is 297 g/mol. The van der Waals surface area contributed by atoms with Crippen molar-refractivity contribution in [2.45, 2.75) is 13.5 Å². The van der Waals surface area contributed by atoms with Crippen molar-refractivity contribution in [1.82, 2.24) is 5.16 Å². The fourth-order valence-corrected chi connectivity index (χ4v) is 2.16. The van der Waals surface area contributed by atoms with E-state index in [1.54, 1.807) is 13.0 Å². The van der Waals surface area contributed by atoms with Gasteiger partial charge in [0.25, 0.3) is 5.88 Å². The van der Waals surface area contributed by atoms with Crippen molar-refractivity contribution in [2.24, 2.45) is 0 Å². The van der Waals surface area contributed by atoms with E-state index >= 15 is 0 Å². The molecule has 0 saturated heterocycles. The van der Waals surface area contributed by atoms with Gasteiger partial charge in [-0.3, -0.25) is 0 Å². The van der Waals surface area contributed by atoms with Crippen LogP contribution >= 0.6 is 0 Å². The van der Waals surface area contributed by atoms with Crippen LogP contribution in [0.5, 0.6) is 5.88 Å². The number of nitrogens with zero attached hydrogens (tertiary/aromatic N) is 1. The molecular formula is C17H15NO4. The number of carbonyl (C=O) groups excluding carboxylic acids is 1. The third-order valence-corrected chi connectivity index (χ3v) is 3.21. The molecule has 5 heteroatoms. The minimum absolute atomic E-state index is 0.198. The molecule has 22 heavy (non-hydrogen) atoms. The smallest absolute Gasteiger partial charge is 0.344 e. The van der Waals surface area contributed by atoms with E-state index in [0.717, 1.165) is 16.3 Å². The van der Waals surface area contributed by atoms with Gasteiger partial charge in [-0.1, -0.05) is 42.5 Å². The largest absolute Gasteiger partial charge is 0.463 e. The maximum atomic E-state index is 11.7. The molecule has 112 valence electrons. The lowest BCUT2D eigenvalue weighted by Gasteiger charge is -2.08. The van der Waals surface area contributed by atoms with Crippen LogP contribution in [-0.4, -0.2) is 17.7 Å². The Labute approximate surface area is 127 Å². The third-order valence-electron chi connectivity index (χ3n) is 3.21. The van der Waals surface area contributed by atoms with Gasteiger partial charge in [-0.25, -0.2) is 4.79 Å². The highest BCUT2D eigenvalue weighted by molar-refractivity contribution is 5.85. The maximum Gasteiger partial charge on any atom is 0.344 e. The summed E-state index contributed by atoms with van der Waals surface area (Å²) in [4.78, 5) is 11.7. The summed E-state index contributed by atoms with van der Waals surface area (Å²) in [7, 11) is 0. The van der Waals surface area contributed by atoms with Crippen LogP contribution in [-0.2, 0) is 16.1 Å². The summed E-state index contributed by atoms with van der Waals surface area (Å²) in [6, 6.07) is 15.5. The van der Waals surface area contributed by atoms with E-state index in [0.29, 0.717) is 5.76 Å². The van der Waals surface area contributed by atoms with E-state index in [4.69, 9.17) is 14.0 Å². The Hall–Kier alpha value is -2.82. The average Bonchev–Trinajstić information content (AvgIpc) is 2.96. The molecule has 0 unspecified atom stereocenters. The maximum absolute atomic E-state index is 11.7. The summed E-state index contributed by atoms with van der Waals surface area (Å²) in [5, 5.41) is 5.83. The molecule has 0 spiro atoms. The van der Waals surface area contributed by atoms with Gasteiger partial charge in [0.05, 0.1) is 0 Å². The first-order chi connectivity index (χ1) is 10.7. The molecular weight excluding hydrogens is 282 g/mol. The lowest BCUT2D eigenvalue weighted by Crippen LogP contribution is -2.14. The van der Waals surface area contributed by atoms with Crippen LogP contribution in [0.25, 0.3) is 10.8 Å². The van der Waals surface area contributed by atoms with Gasteiger partial charge < -0.3 is 14.0 Å². The summed E-state index contributed by atoms with van der Waals surface area (Å²) in [6.07, 6.45) is 0. The van der Waals surface area contributed by atoms with Gasteiger partial charge in [0, 0.05) is 6.07 Å². The molecule has 0 aliphatic heterocycles. The molecule has 0 atom stereocenters. The molecule has 3 aromatic rings. The normalized spacial score (nSPS) is 10.6. The number of benzene rings is 2. The molecule has 0 amide bonds. The van der Waals surface area contributed by atoms with Crippen molar-refractivity contribution in [3.8, 4) is 5.88 Å². The van der Waals surface area contributed by atoms with E-state index in [2.05, 4.69) is 5.16 Å². The zero-order valence-electron chi connectivity index (χ0n) is 12.1. The topological polar surface area (TPSA) is 61.6 Å². The number of hydrogen-bond acceptors (Lipinski definition) is 5. The van der Waals surface area contributed by atoms with Crippen molar-refractivity contribution in [1.29, 1.82) is 0 Å². The molecule has 0 bridgehead atoms.